The van der Waals surface area contributed by atoms with E-state index < -0.39 is 24.3 Å². The van der Waals surface area contributed by atoms with E-state index in [9.17, 15) is 18.0 Å². The van der Waals surface area contributed by atoms with Gasteiger partial charge in [-0.3, -0.25) is 4.79 Å². The Morgan fingerprint density at radius 2 is 2.06 bits per heavy atom. The lowest BCUT2D eigenvalue weighted by molar-refractivity contribution is -0.177. The molecule has 1 aliphatic rings. The highest BCUT2D eigenvalue weighted by atomic mass is 19.4. The van der Waals surface area contributed by atoms with Gasteiger partial charge in [-0.2, -0.15) is 13.2 Å². The molecule has 1 aromatic heterocycles. The van der Waals surface area contributed by atoms with Crippen LogP contribution in [0, 0.1) is 5.92 Å². The number of alkyl halides is 3. The van der Waals surface area contributed by atoms with Gasteiger partial charge in [0.1, 0.15) is 5.76 Å². The van der Waals surface area contributed by atoms with Crippen molar-refractivity contribution < 1.29 is 22.4 Å². The third kappa shape index (κ3) is 2.18. The highest BCUT2D eigenvalue weighted by Crippen LogP contribution is 2.39. The molecule has 0 aliphatic heterocycles. The summed E-state index contributed by atoms with van der Waals surface area (Å²) < 4.78 is 42.6. The molecule has 0 spiro atoms. The van der Waals surface area contributed by atoms with Gasteiger partial charge in [-0.15, -0.1) is 0 Å². The maximum Gasteiger partial charge on any atom is 0.392 e. The van der Waals surface area contributed by atoms with Crippen molar-refractivity contribution in [3.05, 3.63) is 30.2 Å². The van der Waals surface area contributed by atoms with Crippen molar-refractivity contribution >= 4 is 11.4 Å². The Morgan fingerprint density at radius 3 is 2.62 bits per heavy atom. The molecule has 0 saturated heterocycles. The predicted molar refractivity (Wildman–Crippen MR) is 50.5 cm³/mol. The Morgan fingerprint density at radius 1 is 1.31 bits per heavy atom. The molecule has 0 radical (unpaired) electrons. The van der Waals surface area contributed by atoms with Crippen molar-refractivity contribution in [2.75, 3.05) is 0 Å². The second kappa shape index (κ2) is 3.81. The highest BCUT2D eigenvalue weighted by molar-refractivity contribution is 5.98. The van der Waals surface area contributed by atoms with Crippen LogP contribution in [0.25, 0.3) is 5.57 Å². The van der Waals surface area contributed by atoms with Gasteiger partial charge in [0.05, 0.1) is 12.2 Å². The molecule has 2 rings (SSSR count). The summed E-state index contributed by atoms with van der Waals surface area (Å²) in [6.45, 7) is 0. The van der Waals surface area contributed by atoms with Gasteiger partial charge in [-0.1, -0.05) is 0 Å². The Hall–Kier alpha value is -1.52. The number of rotatable bonds is 1. The van der Waals surface area contributed by atoms with Gasteiger partial charge in [-0.05, 0) is 30.2 Å². The minimum absolute atomic E-state index is 0.192. The fourth-order valence-electron chi connectivity index (χ4n) is 1.76. The predicted octanol–water partition coefficient (Wildman–Crippen LogP) is 3.20. The van der Waals surface area contributed by atoms with Gasteiger partial charge in [0.25, 0.3) is 0 Å². The van der Waals surface area contributed by atoms with Crippen molar-refractivity contribution in [1.82, 2.24) is 0 Å². The molecular formula is C11H9F3O2. The minimum atomic E-state index is -4.33. The number of hydrogen-bond donors (Lipinski definition) is 0. The fraction of sp³-hybridized carbons (Fsp3) is 0.364. The normalized spacial score (nSPS) is 22.1. The largest absolute Gasteiger partial charge is 0.465 e. The summed E-state index contributed by atoms with van der Waals surface area (Å²) in [7, 11) is 0. The fourth-order valence-corrected chi connectivity index (χ4v) is 1.76. The zero-order valence-corrected chi connectivity index (χ0v) is 8.25. The van der Waals surface area contributed by atoms with E-state index in [-0.39, 0.29) is 6.42 Å². The summed E-state index contributed by atoms with van der Waals surface area (Å²) in [6, 6.07) is 3.13. The van der Waals surface area contributed by atoms with Gasteiger partial charge < -0.3 is 4.42 Å². The van der Waals surface area contributed by atoms with Crippen LogP contribution >= 0.6 is 0 Å². The van der Waals surface area contributed by atoms with Crippen LogP contribution in [0.1, 0.15) is 18.6 Å². The number of furan rings is 1. The zero-order valence-electron chi connectivity index (χ0n) is 8.25. The van der Waals surface area contributed by atoms with Crippen molar-refractivity contribution in [2.45, 2.75) is 19.0 Å². The molecule has 2 nitrogen and oxygen atoms in total. The molecule has 1 aromatic rings. The van der Waals surface area contributed by atoms with Crippen molar-refractivity contribution in [1.29, 1.82) is 0 Å². The van der Waals surface area contributed by atoms with Crippen LogP contribution in [-0.2, 0) is 4.79 Å². The first kappa shape index (κ1) is 11.0. The first-order valence-electron chi connectivity index (χ1n) is 4.81. The van der Waals surface area contributed by atoms with Crippen LogP contribution in [0.2, 0.25) is 0 Å². The molecule has 0 aromatic carbocycles. The van der Waals surface area contributed by atoms with E-state index in [0.717, 1.165) is 0 Å². The Kier molecular flexibility index (Phi) is 2.61. The second-order valence-corrected chi connectivity index (χ2v) is 3.76. The minimum Gasteiger partial charge on any atom is -0.465 e. The molecule has 16 heavy (non-hydrogen) atoms. The average molecular weight is 230 g/mol. The number of carbonyl (C=O) groups excluding carboxylic acids is 1. The van der Waals surface area contributed by atoms with Gasteiger partial charge in [0.2, 0.25) is 0 Å². The van der Waals surface area contributed by atoms with Crippen molar-refractivity contribution in [2.24, 2.45) is 5.92 Å². The smallest absolute Gasteiger partial charge is 0.392 e. The lowest BCUT2D eigenvalue weighted by Gasteiger charge is -2.23. The summed E-state index contributed by atoms with van der Waals surface area (Å²) in [5.74, 6) is -1.76. The Balaban J connectivity index is 2.25. The topological polar surface area (TPSA) is 30.2 Å². The summed E-state index contributed by atoms with van der Waals surface area (Å²) in [5, 5.41) is 0. The summed E-state index contributed by atoms with van der Waals surface area (Å²) in [4.78, 5) is 11.2. The third-order valence-electron chi connectivity index (χ3n) is 2.55. The van der Waals surface area contributed by atoms with Crippen LogP contribution < -0.4 is 0 Å². The van der Waals surface area contributed by atoms with Crippen molar-refractivity contribution in [3.63, 3.8) is 0 Å². The van der Waals surface area contributed by atoms with Crippen LogP contribution in [0.5, 0.6) is 0 Å². The zero-order chi connectivity index (χ0) is 11.8. The standard InChI is InChI=1S/C11H9F3O2/c12-11(13,14)8-4-7(5-9(15)6-8)10-2-1-3-16-10/h1-3,5,8H,4,6H2. The number of ketones is 1. The second-order valence-electron chi connectivity index (χ2n) is 3.76. The van der Waals surface area contributed by atoms with Crippen LogP contribution in [0.15, 0.2) is 28.9 Å². The molecule has 0 saturated carbocycles. The summed E-state index contributed by atoms with van der Waals surface area (Å²) >= 11 is 0. The van der Waals surface area contributed by atoms with E-state index >= 15 is 0 Å². The number of carbonyl (C=O) groups is 1. The Labute approximate surface area is 89.7 Å². The number of allylic oxidation sites excluding steroid dienone is 2. The quantitative estimate of drug-likeness (QED) is 0.741. The van der Waals surface area contributed by atoms with E-state index in [1.807, 2.05) is 0 Å². The SMILES string of the molecule is O=C1C=C(c2ccco2)CC(C(F)(F)F)C1. The van der Waals surface area contributed by atoms with Gasteiger partial charge in [0.15, 0.2) is 5.78 Å². The number of hydrogen-bond acceptors (Lipinski definition) is 2. The molecule has 1 atom stereocenters. The molecule has 5 heteroatoms. The Bertz CT molecular complexity index is 415. The summed E-state index contributed by atoms with van der Waals surface area (Å²) in [6.07, 6.45) is -2.38. The molecule has 1 unspecified atom stereocenters. The van der Waals surface area contributed by atoms with Crippen LogP contribution in [-0.4, -0.2) is 12.0 Å². The van der Waals surface area contributed by atoms with E-state index in [4.69, 9.17) is 4.42 Å². The molecule has 86 valence electrons. The van der Waals surface area contributed by atoms with Crippen LogP contribution in [0.3, 0.4) is 0 Å². The maximum atomic E-state index is 12.5. The molecule has 1 heterocycles. The lowest BCUT2D eigenvalue weighted by atomic mass is 9.86. The number of halogens is 3. The van der Waals surface area contributed by atoms with Gasteiger partial charge >= 0.3 is 6.18 Å². The van der Waals surface area contributed by atoms with E-state index in [1.165, 1.54) is 12.3 Å². The maximum absolute atomic E-state index is 12.5. The van der Waals surface area contributed by atoms with E-state index in [2.05, 4.69) is 0 Å². The average Bonchev–Trinajstić information content (AvgIpc) is 2.68. The van der Waals surface area contributed by atoms with Gasteiger partial charge in [-0.25, -0.2) is 0 Å². The van der Waals surface area contributed by atoms with Crippen molar-refractivity contribution in [3.8, 4) is 0 Å². The van der Waals surface area contributed by atoms with E-state index in [1.54, 1.807) is 12.1 Å². The first-order valence-corrected chi connectivity index (χ1v) is 4.81. The molecule has 0 fully saturated rings. The molecule has 1 aliphatic carbocycles. The molecular weight excluding hydrogens is 221 g/mol. The molecule has 0 amide bonds. The monoisotopic (exact) mass is 230 g/mol. The highest BCUT2D eigenvalue weighted by Gasteiger charge is 2.42. The molecule has 0 N–H and O–H groups in total. The van der Waals surface area contributed by atoms with Crippen LogP contribution in [0.4, 0.5) is 13.2 Å². The molecule has 0 bridgehead atoms. The summed E-state index contributed by atoms with van der Waals surface area (Å²) in [5.41, 5.74) is 0.323. The van der Waals surface area contributed by atoms with Gasteiger partial charge in [0, 0.05) is 6.42 Å². The first-order chi connectivity index (χ1) is 7.47. The van der Waals surface area contributed by atoms with E-state index in [0.29, 0.717) is 11.3 Å². The lowest BCUT2D eigenvalue weighted by Crippen LogP contribution is -2.28. The third-order valence-corrected chi connectivity index (χ3v) is 2.55.